The zero-order valence-electron chi connectivity index (χ0n) is 17.4. The van der Waals surface area contributed by atoms with Crippen LogP contribution in [0.3, 0.4) is 0 Å². The summed E-state index contributed by atoms with van der Waals surface area (Å²) in [5, 5.41) is 2.01. The summed E-state index contributed by atoms with van der Waals surface area (Å²) in [6.07, 6.45) is 7.53. The van der Waals surface area contributed by atoms with Crippen molar-refractivity contribution in [1.82, 2.24) is 4.98 Å². The largest absolute Gasteiger partial charge is 0.369 e. The van der Waals surface area contributed by atoms with Gasteiger partial charge in [-0.25, -0.2) is 0 Å². The zero-order valence-corrected chi connectivity index (χ0v) is 17.4. The molecule has 2 aliphatic carbocycles. The fourth-order valence-electron chi connectivity index (χ4n) is 4.52. The summed E-state index contributed by atoms with van der Waals surface area (Å²) < 4.78 is 0. The highest BCUT2D eigenvalue weighted by Crippen LogP contribution is 2.47. The van der Waals surface area contributed by atoms with Crippen LogP contribution in [-0.4, -0.2) is 23.3 Å². The highest BCUT2D eigenvalue weighted by Gasteiger charge is 2.51. The fraction of sp³-hybridized carbons (Fsp3) is 0.320. The van der Waals surface area contributed by atoms with Crippen LogP contribution in [0.15, 0.2) is 48.7 Å². The number of pyridine rings is 1. The Hall–Kier alpha value is -3.25. The maximum Gasteiger partial charge on any atom is 0.229 e. The van der Waals surface area contributed by atoms with Gasteiger partial charge in [0, 0.05) is 29.9 Å². The Morgan fingerprint density at radius 1 is 1.13 bits per heavy atom. The molecule has 3 aromatic rings. The van der Waals surface area contributed by atoms with Crippen LogP contribution in [0.1, 0.15) is 43.4 Å². The number of nitrogens with two attached hydrogens (primary N) is 2. The Labute approximate surface area is 181 Å². The van der Waals surface area contributed by atoms with Crippen LogP contribution >= 0.6 is 0 Å². The number of anilines is 1. The second-order valence-corrected chi connectivity index (χ2v) is 8.72. The molecule has 0 radical (unpaired) electrons. The Morgan fingerprint density at radius 2 is 1.94 bits per heavy atom. The first-order valence-electron chi connectivity index (χ1n) is 10.8. The van der Waals surface area contributed by atoms with Gasteiger partial charge in [-0.3, -0.25) is 14.6 Å². The highest BCUT2D eigenvalue weighted by molar-refractivity contribution is 5.93. The number of hydrogen-bond acceptors (Lipinski definition) is 4. The van der Waals surface area contributed by atoms with Crippen LogP contribution in [0.5, 0.6) is 0 Å². The molecule has 4 N–H and O–H groups in total. The average molecular weight is 415 g/mol. The summed E-state index contributed by atoms with van der Waals surface area (Å²) >= 11 is 0. The standard InChI is InChI=1S/C25H26N4O2/c26-13-18-6-7-21(29(15-30)20-2-1-3-20)12-22(18)17-5-4-16-11-23(28-14-19(16)10-17)25(8-9-25)24(27)31/h4-7,10-12,14-15,20H,1-3,8-9,13,26H2,(H2,27,31). The second kappa shape index (κ2) is 7.46. The number of hydrogen-bond donors (Lipinski definition) is 2. The van der Waals surface area contributed by atoms with Gasteiger partial charge in [0.2, 0.25) is 12.3 Å². The van der Waals surface area contributed by atoms with Gasteiger partial charge >= 0.3 is 0 Å². The highest BCUT2D eigenvalue weighted by atomic mass is 16.1. The minimum absolute atomic E-state index is 0.285. The Balaban J connectivity index is 1.54. The van der Waals surface area contributed by atoms with Crippen LogP contribution in [0.2, 0.25) is 0 Å². The maximum absolute atomic E-state index is 11.9. The molecule has 0 saturated heterocycles. The summed E-state index contributed by atoms with van der Waals surface area (Å²) in [5.74, 6) is -0.299. The Morgan fingerprint density at radius 3 is 2.55 bits per heavy atom. The van der Waals surface area contributed by atoms with Crippen molar-refractivity contribution in [2.24, 2.45) is 11.5 Å². The van der Waals surface area contributed by atoms with E-state index in [9.17, 15) is 9.59 Å². The number of amides is 2. The molecule has 5 rings (SSSR count). The Kier molecular flexibility index (Phi) is 4.74. The quantitative estimate of drug-likeness (QED) is 0.579. The third kappa shape index (κ3) is 3.27. The van der Waals surface area contributed by atoms with Crippen LogP contribution < -0.4 is 16.4 Å². The third-order valence-electron chi connectivity index (χ3n) is 6.94. The molecule has 0 spiro atoms. The number of aromatic nitrogens is 1. The van der Waals surface area contributed by atoms with E-state index < -0.39 is 5.41 Å². The van der Waals surface area contributed by atoms with Crippen LogP contribution in [0.4, 0.5) is 5.69 Å². The number of primary amides is 1. The van der Waals surface area contributed by atoms with Crippen molar-refractivity contribution >= 4 is 28.8 Å². The lowest BCUT2D eigenvalue weighted by molar-refractivity contribution is -0.120. The van der Waals surface area contributed by atoms with Crippen molar-refractivity contribution in [2.45, 2.75) is 50.1 Å². The predicted molar refractivity (Wildman–Crippen MR) is 121 cm³/mol. The lowest BCUT2D eigenvalue weighted by Crippen LogP contribution is -2.39. The first-order valence-corrected chi connectivity index (χ1v) is 10.8. The van der Waals surface area contributed by atoms with Gasteiger partial charge in [0.05, 0.1) is 11.1 Å². The average Bonchev–Trinajstić information content (AvgIpc) is 3.57. The first-order chi connectivity index (χ1) is 15.1. The smallest absolute Gasteiger partial charge is 0.229 e. The summed E-state index contributed by atoms with van der Waals surface area (Å²) in [6.45, 7) is 0.413. The minimum Gasteiger partial charge on any atom is -0.369 e. The summed E-state index contributed by atoms with van der Waals surface area (Å²) in [5.41, 5.74) is 15.8. The van der Waals surface area contributed by atoms with Crippen LogP contribution in [0.25, 0.3) is 21.9 Å². The van der Waals surface area contributed by atoms with E-state index in [2.05, 4.69) is 23.2 Å². The van der Waals surface area contributed by atoms with Crippen LogP contribution in [-0.2, 0) is 21.5 Å². The van der Waals surface area contributed by atoms with Crippen molar-refractivity contribution in [3.63, 3.8) is 0 Å². The molecule has 2 fully saturated rings. The monoisotopic (exact) mass is 414 g/mol. The van der Waals surface area contributed by atoms with E-state index in [4.69, 9.17) is 11.5 Å². The fourth-order valence-corrected chi connectivity index (χ4v) is 4.52. The van der Waals surface area contributed by atoms with Gasteiger partial charge in [0.25, 0.3) is 0 Å². The SMILES string of the molecule is NCc1ccc(N(C=O)C2CCC2)cc1-c1ccc2cc(C3(C(N)=O)CC3)ncc2c1. The molecule has 2 amide bonds. The second-order valence-electron chi connectivity index (χ2n) is 8.72. The van der Waals surface area contributed by atoms with E-state index >= 15 is 0 Å². The molecule has 1 heterocycles. The number of rotatable bonds is 7. The van der Waals surface area contributed by atoms with Gasteiger partial charge in [-0.1, -0.05) is 18.2 Å². The number of carbonyl (C=O) groups is 2. The van der Waals surface area contributed by atoms with E-state index in [1.165, 1.54) is 6.42 Å². The summed E-state index contributed by atoms with van der Waals surface area (Å²) in [4.78, 5) is 30.0. The van der Waals surface area contributed by atoms with Crippen LogP contribution in [0, 0.1) is 0 Å². The molecule has 6 nitrogen and oxygen atoms in total. The van der Waals surface area contributed by atoms with Gasteiger partial charge in [-0.2, -0.15) is 0 Å². The maximum atomic E-state index is 11.9. The summed E-state index contributed by atoms with van der Waals surface area (Å²) in [6, 6.07) is 14.5. The zero-order chi connectivity index (χ0) is 21.6. The molecule has 0 atom stereocenters. The van der Waals surface area contributed by atoms with Gasteiger partial charge in [-0.15, -0.1) is 0 Å². The molecule has 31 heavy (non-hydrogen) atoms. The summed E-state index contributed by atoms with van der Waals surface area (Å²) in [7, 11) is 0. The molecule has 0 aliphatic heterocycles. The van der Waals surface area contributed by atoms with E-state index in [1.807, 2.05) is 35.4 Å². The molecule has 2 aliphatic rings. The van der Waals surface area contributed by atoms with E-state index in [1.54, 1.807) is 0 Å². The Bertz CT molecular complexity index is 1180. The molecule has 6 heteroatoms. The van der Waals surface area contributed by atoms with Gasteiger partial charge < -0.3 is 16.4 Å². The molecular weight excluding hydrogens is 388 g/mol. The molecule has 158 valence electrons. The van der Waals surface area contributed by atoms with Gasteiger partial charge in [-0.05, 0) is 78.4 Å². The molecular formula is C25H26N4O2. The van der Waals surface area contributed by atoms with Gasteiger partial charge in [0.15, 0.2) is 0 Å². The number of fused-ring (bicyclic) bond motifs is 1. The number of nitrogens with zero attached hydrogens (tertiary/aromatic N) is 2. The van der Waals surface area contributed by atoms with Gasteiger partial charge in [0.1, 0.15) is 0 Å². The molecule has 0 unspecified atom stereocenters. The number of benzene rings is 2. The van der Waals surface area contributed by atoms with Crippen molar-refractivity contribution in [3.8, 4) is 11.1 Å². The normalized spacial score (nSPS) is 17.2. The van der Waals surface area contributed by atoms with E-state index in [0.717, 1.165) is 70.9 Å². The lowest BCUT2D eigenvalue weighted by Gasteiger charge is -2.35. The third-order valence-corrected chi connectivity index (χ3v) is 6.94. The molecule has 2 saturated carbocycles. The first kappa shape index (κ1) is 19.7. The topological polar surface area (TPSA) is 102 Å². The predicted octanol–water partition coefficient (Wildman–Crippen LogP) is 3.39. The number of carbonyl (C=O) groups excluding carboxylic acids is 2. The lowest BCUT2D eigenvalue weighted by atomic mass is 9.90. The van der Waals surface area contributed by atoms with Crippen molar-refractivity contribution < 1.29 is 9.59 Å². The minimum atomic E-state index is -0.590. The van der Waals surface area contributed by atoms with E-state index in [0.29, 0.717) is 6.54 Å². The molecule has 0 bridgehead atoms. The van der Waals surface area contributed by atoms with Crippen molar-refractivity contribution in [1.29, 1.82) is 0 Å². The van der Waals surface area contributed by atoms with Crippen molar-refractivity contribution in [2.75, 3.05) is 4.90 Å². The van der Waals surface area contributed by atoms with Crippen molar-refractivity contribution in [3.05, 3.63) is 59.9 Å². The van der Waals surface area contributed by atoms with E-state index in [-0.39, 0.29) is 11.9 Å². The molecule has 1 aromatic heterocycles. The molecule has 2 aromatic carbocycles.